The Labute approximate surface area is 127 Å². The van der Waals surface area contributed by atoms with E-state index in [4.69, 9.17) is 5.11 Å². The molecule has 21 heavy (non-hydrogen) atoms. The highest BCUT2D eigenvalue weighted by atomic mass is 32.2. The molecule has 112 valence electrons. The number of carboxylic acid groups (broad SMARTS) is 1. The molecule has 0 spiro atoms. The second kappa shape index (κ2) is 5.97. The molecular weight excluding hydrogens is 310 g/mol. The van der Waals surface area contributed by atoms with Gasteiger partial charge in [0.05, 0.1) is 16.5 Å². The maximum absolute atomic E-state index is 12.4. The predicted molar refractivity (Wildman–Crippen MR) is 81.2 cm³/mol. The molecule has 2 N–H and O–H groups in total. The fraction of sp³-hybridized carbons (Fsp3) is 0.214. The van der Waals surface area contributed by atoms with E-state index in [9.17, 15) is 13.2 Å². The summed E-state index contributed by atoms with van der Waals surface area (Å²) >= 11 is 1.46. The van der Waals surface area contributed by atoms with Crippen LogP contribution in [0.1, 0.15) is 33.8 Å². The number of hydrogen-bond acceptors (Lipinski definition) is 4. The van der Waals surface area contributed by atoms with E-state index in [-0.39, 0.29) is 22.1 Å². The Balaban J connectivity index is 2.36. The molecule has 0 bridgehead atoms. The van der Waals surface area contributed by atoms with E-state index in [0.717, 1.165) is 4.88 Å². The van der Waals surface area contributed by atoms with Crippen molar-refractivity contribution in [3.63, 3.8) is 0 Å². The summed E-state index contributed by atoms with van der Waals surface area (Å²) in [5.41, 5.74) is 0.220. The Morgan fingerprint density at radius 1 is 1.29 bits per heavy atom. The molecule has 1 aromatic heterocycles. The third kappa shape index (κ3) is 3.31. The number of thiophene rings is 1. The first kappa shape index (κ1) is 15.7. The summed E-state index contributed by atoms with van der Waals surface area (Å²) in [5, 5.41) is 10.9. The van der Waals surface area contributed by atoms with Crippen LogP contribution in [0.4, 0.5) is 0 Å². The zero-order valence-corrected chi connectivity index (χ0v) is 13.2. The van der Waals surface area contributed by atoms with Gasteiger partial charge in [0.2, 0.25) is 10.0 Å². The molecule has 1 aromatic carbocycles. The predicted octanol–water partition coefficient (Wildman–Crippen LogP) is 2.79. The molecule has 7 heteroatoms. The van der Waals surface area contributed by atoms with Crippen LogP contribution in [-0.2, 0) is 10.0 Å². The number of rotatable bonds is 5. The number of carbonyl (C=O) groups is 1. The summed E-state index contributed by atoms with van der Waals surface area (Å²) in [7, 11) is -3.78. The van der Waals surface area contributed by atoms with Crippen LogP contribution in [0.2, 0.25) is 0 Å². The van der Waals surface area contributed by atoms with Gasteiger partial charge in [0.25, 0.3) is 0 Å². The van der Waals surface area contributed by atoms with Crippen LogP contribution >= 0.6 is 11.3 Å². The second-order valence-corrected chi connectivity index (χ2v) is 7.25. The lowest BCUT2D eigenvalue weighted by atomic mass is 10.1. The van der Waals surface area contributed by atoms with E-state index in [1.54, 1.807) is 6.92 Å². The molecule has 0 aliphatic carbocycles. The van der Waals surface area contributed by atoms with Crippen molar-refractivity contribution >= 4 is 27.3 Å². The maximum atomic E-state index is 12.4. The SMILES string of the molecule is Cc1c(C(=O)O)cccc1S(=O)(=O)N[C@@H](C)c1cccs1. The van der Waals surface area contributed by atoms with Crippen LogP contribution in [0.3, 0.4) is 0 Å². The van der Waals surface area contributed by atoms with Gasteiger partial charge < -0.3 is 5.11 Å². The summed E-state index contributed by atoms with van der Waals surface area (Å²) in [4.78, 5) is 12.0. The van der Waals surface area contributed by atoms with Crippen LogP contribution in [0.15, 0.2) is 40.6 Å². The van der Waals surface area contributed by atoms with Gasteiger partial charge in [-0.05, 0) is 43.0 Å². The molecule has 0 unspecified atom stereocenters. The van der Waals surface area contributed by atoms with Gasteiger partial charge in [0.1, 0.15) is 0 Å². The molecule has 0 aliphatic rings. The molecule has 0 aliphatic heterocycles. The lowest BCUT2D eigenvalue weighted by Gasteiger charge is -2.15. The Morgan fingerprint density at radius 2 is 2.00 bits per heavy atom. The van der Waals surface area contributed by atoms with Crippen LogP contribution in [0.25, 0.3) is 0 Å². The zero-order chi connectivity index (χ0) is 15.6. The standard InChI is InChI=1S/C14H15NO4S2/c1-9-11(14(16)17)5-3-7-13(9)21(18,19)15-10(2)12-6-4-8-20-12/h3-8,10,15H,1-2H3,(H,16,17)/t10-/m0/s1. The molecule has 0 fully saturated rings. The first-order chi connectivity index (χ1) is 9.83. The maximum Gasteiger partial charge on any atom is 0.335 e. The van der Waals surface area contributed by atoms with Crippen LogP contribution in [-0.4, -0.2) is 19.5 Å². The zero-order valence-electron chi connectivity index (χ0n) is 11.5. The van der Waals surface area contributed by atoms with Crippen LogP contribution in [0, 0.1) is 6.92 Å². The molecule has 2 rings (SSSR count). The Bertz CT molecular complexity index is 751. The largest absolute Gasteiger partial charge is 0.478 e. The van der Waals surface area contributed by atoms with E-state index < -0.39 is 16.0 Å². The summed E-state index contributed by atoms with van der Waals surface area (Å²) in [6.07, 6.45) is 0. The van der Waals surface area contributed by atoms with E-state index >= 15 is 0 Å². The summed E-state index contributed by atoms with van der Waals surface area (Å²) < 4.78 is 27.4. The highest BCUT2D eigenvalue weighted by Crippen LogP contribution is 2.23. The van der Waals surface area contributed by atoms with Crippen molar-refractivity contribution in [1.29, 1.82) is 0 Å². The number of aromatic carboxylic acids is 1. The first-order valence-corrected chi connectivity index (χ1v) is 8.58. The molecule has 0 radical (unpaired) electrons. The third-order valence-corrected chi connectivity index (χ3v) is 5.85. The van der Waals surface area contributed by atoms with Gasteiger partial charge in [0.15, 0.2) is 0 Å². The molecule has 0 amide bonds. The highest BCUT2D eigenvalue weighted by molar-refractivity contribution is 7.89. The van der Waals surface area contributed by atoms with Crippen LogP contribution < -0.4 is 4.72 Å². The van der Waals surface area contributed by atoms with Gasteiger partial charge in [-0.1, -0.05) is 12.1 Å². The molecular formula is C14H15NO4S2. The first-order valence-electron chi connectivity index (χ1n) is 6.21. The van der Waals surface area contributed by atoms with Gasteiger partial charge in [-0.15, -0.1) is 11.3 Å². The van der Waals surface area contributed by atoms with Crippen molar-refractivity contribution < 1.29 is 18.3 Å². The Hall–Kier alpha value is -1.70. The summed E-state index contributed by atoms with van der Waals surface area (Å²) in [6.45, 7) is 3.24. The van der Waals surface area contributed by atoms with E-state index in [1.807, 2.05) is 17.5 Å². The summed E-state index contributed by atoms with van der Waals surface area (Å²) in [5.74, 6) is -1.14. The lowest BCUT2D eigenvalue weighted by Crippen LogP contribution is -2.27. The number of benzene rings is 1. The van der Waals surface area contributed by atoms with E-state index in [2.05, 4.69) is 4.72 Å². The van der Waals surface area contributed by atoms with Crippen molar-refractivity contribution in [1.82, 2.24) is 4.72 Å². The fourth-order valence-electron chi connectivity index (χ4n) is 2.03. The van der Waals surface area contributed by atoms with Gasteiger partial charge >= 0.3 is 5.97 Å². The van der Waals surface area contributed by atoms with Crippen molar-refractivity contribution in [3.05, 3.63) is 51.7 Å². The average Bonchev–Trinajstić information content (AvgIpc) is 2.91. The lowest BCUT2D eigenvalue weighted by molar-refractivity contribution is 0.0696. The van der Waals surface area contributed by atoms with Crippen molar-refractivity contribution in [2.45, 2.75) is 24.8 Å². The summed E-state index contributed by atoms with van der Waals surface area (Å²) in [6, 6.07) is 7.55. The second-order valence-electron chi connectivity index (χ2n) is 4.59. The quantitative estimate of drug-likeness (QED) is 0.885. The minimum absolute atomic E-state index is 0.00851. The van der Waals surface area contributed by atoms with E-state index in [0.29, 0.717) is 0 Å². The highest BCUT2D eigenvalue weighted by Gasteiger charge is 2.23. The minimum Gasteiger partial charge on any atom is -0.478 e. The van der Waals surface area contributed by atoms with Gasteiger partial charge in [-0.2, -0.15) is 0 Å². The number of sulfonamides is 1. The normalized spacial score (nSPS) is 13.0. The molecule has 0 saturated heterocycles. The number of carboxylic acids is 1. The monoisotopic (exact) mass is 325 g/mol. The van der Waals surface area contributed by atoms with Gasteiger partial charge in [-0.25, -0.2) is 17.9 Å². The molecule has 1 heterocycles. The van der Waals surface area contributed by atoms with Gasteiger partial charge in [-0.3, -0.25) is 0 Å². The molecule has 0 saturated carbocycles. The van der Waals surface area contributed by atoms with Crippen LogP contribution in [0.5, 0.6) is 0 Å². The Kier molecular flexibility index (Phi) is 4.46. The fourth-order valence-corrected chi connectivity index (χ4v) is 4.33. The number of hydrogen-bond donors (Lipinski definition) is 2. The van der Waals surface area contributed by atoms with Crippen molar-refractivity contribution in [2.24, 2.45) is 0 Å². The smallest absolute Gasteiger partial charge is 0.335 e. The van der Waals surface area contributed by atoms with Gasteiger partial charge in [0, 0.05) is 4.88 Å². The number of nitrogens with one attached hydrogen (secondary N) is 1. The topological polar surface area (TPSA) is 83.5 Å². The van der Waals surface area contributed by atoms with Crippen molar-refractivity contribution in [2.75, 3.05) is 0 Å². The average molecular weight is 325 g/mol. The molecule has 5 nitrogen and oxygen atoms in total. The minimum atomic E-state index is -3.78. The van der Waals surface area contributed by atoms with Crippen molar-refractivity contribution in [3.8, 4) is 0 Å². The molecule has 2 aromatic rings. The molecule has 1 atom stereocenters. The third-order valence-electron chi connectivity index (χ3n) is 3.11. The Morgan fingerprint density at radius 3 is 2.57 bits per heavy atom. The van der Waals surface area contributed by atoms with E-state index in [1.165, 1.54) is 36.5 Å².